The zero-order valence-corrected chi connectivity index (χ0v) is 19.5. The second kappa shape index (κ2) is 10.2. The Morgan fingerprint density at radius 3 is 2.50 bits per heavy atom. The first-order valence-electron chi connectivity index (χ1n) is 11.3. The van der Waals surface area contributed by atoms with E-state index in [0.29, 0.717) is 12.4 Å². The number of piperidine rings is 1. The zero-order chi connectivity index (χ0) is 22.8. The lowest BCUT2D eigenvalue weighted by Crippen LogP contribution is -2.50. The highest BCUT2D eigenvalue weighted by molar-refractivity contribution is 5.85. The number of hydrogen-bond donors (Lipinski definition) is 0. The number of aliphatic imine (C=N–C) groups is 1. The molecule has 1 fully saturated rings. The van der Waals surface area contributed by atoms with E-state index in [1.165, 1.54) is 24.1 Å². The molecular formula is C24H26ClN5O4. The molecule has 1 unspecified atom stereocenters. The molecule has 3 heterocycles. The number of rotatable bonds is 3. The van der Waals surface area contributed by atoms with Crippen LogP contribution in [0, 0.1) is 21.6 Å². The van der Waals surface area contributed by atoms with Gasteiger partial charge in [0.1, 0.15) is 0 Å². The van der Waals surface area contributed by atoms with Crippen LogP contribution in [0.1, 0.15) is 42.0 Å². The third-order valence-corrected chi connectivity index (χ3v) is 6.61. The van der Waals surface area contributed by atoms with E-state index >= 15 is 0 Å². The smallest absolute Gasteiger partial charge is 0.269 e. The molecule has 1 atom stereocenters. The van der Waals surface area contributed by atoms with Gasteiger partial charge in [-0.25, -0.2) is 0 Å². The van der Waals surface area contributed by atoms with E-state index in [1.54, 1.807) is 12.1 Å². The van der Waals surface area contributed by atoms with E-state index in [0.717, 1.165) is 61.5 Å². The van der Waals surface area contributed by atoms with Crippen molar-refractivity contribution >= 4 is 24.1 Å². The molecule has 3 aliphatic heterocycles. The average molecular weight is 484 g/mol. The molecule has 10 heteroatoms. The number of nitriles is 1. The summed E-state index contributed by atoms with van der Waals surface area (Å²) in [5, 5.41) is 20.6. The summed E-state index contributed by atoms with van der Waals surface area (Å²) < 4.78 is 11.2. The van der Waals surface area contributed by atoms with Gasteiger partial charge in [0.2, 0.25) is 18.9 Å². The molecule has 0 spiro atoms. The second-order valence-electron chi connectivity index (χ2n) is 8.55. The molecular weight excluding hydrogens is 458 g/mol. The van der Waals surface area contributed by atoms with Gasteiger partial charge in [0, 0.05) is 31.8 Å². The summed E-state index contributed by atoms with van der Waals surface area (Å²) in [6, 6.07) is 10.7. The fourth-order valence-electron chi connectivity index (χ4n) is 4.98. The lowest BCUT2D eigenvalue weighted by atomic mass is 9.88. The molecule has 0 radical (unpaired) electrons. The number of non-ortho nitro benzene ring substituents is 1. The Morgan fingerprint density at radius 1 is 1.12 bits per heavy atom. The highest BCUT2D eigenvalue weighted by atomic mass is 35.5. The van der Waals surface area contributed by atoms with Gasteiger partial charge in [-0.05, 0) is 60.9 Å². The molecule has 0 bridgehead atoms. The van der Waals surface area contributed by atoms with Gasteiger partial charge in [0.25, 0.3) is 5.69 Å². The number of likely N-dealkylation sites (tertiary alicyclic amines) is 1. The highest BCUT2D eigenvalue weighted by Crippen LogP contribution is 2.42. The van der Waals surface area contributed by atoms with E-state index in [-0.39, 0.29) is 35.9 Å². The fraction of sp³-hybridized carbons (Fsp3) is 0.417. The normalized spacial score (nSPS) is 19.1. The molecule has 2 aromatic rings. The third kappa shape index (κ3) is 4.59. The van der Waals surface area contributed by atoms with Crippen LogP contribution in [-0.4, -0.2) is 47.1 Å². The summed E-state index contributed by atoms with van der Waals surface area (Å²) >= 11 is 0. The quantitative estimate of drug-likeness (QED) is 0.212. The van der Waals surface area contributed by atoms with Crippen LogP contribution in [0.4, 0.5) is 5.69 Å². The van der Waals surface area contributed by atoms with Crippen molar-refractivity contribution in [2.24, 2.45) is 4.99 Å². The van der Waals surface area contributed by atoms with Gasteiger partial charge in [-0.1, -0.05) is 12.1 Å². The second-order valence-corrected chi connectivity index (χ2v) is 8.55. The van der Waals surface area contributed by atoms with Crippen LogP contribution >= 0.6 is 12.4 Å². The van der Waals surface area contributed by atoms with Gasteiger partial charge in [0.05, 0.1) is 11.0 Å². The molecule has 3 aliphatic rings. The Morgan fingerprint density at radius 2 is 1.82 bits per heavy atom. The van der Waals surface area contributed by atoms with Crippen molar-refractivity contribution in [3.63, 3.8) is 0 Å². The number of fused-ring (bicyclic) bond motifs is 2. The Bertz CT molecular complexity index is 1130. The fourth-order valence-corrected chi connectivity index (χ4v) is 4.98. The predicted molar refractivity (Wildman–Crippen MR) is 128 cm³/mol. The summed E-state index contributed by atoms with van der Waals surface area (Å²) in [5.74, 6) is 2.20. The average Bonchev–Trinajstić information content (AvgIpc) is 3.30. The molecule has 1 saturated heterocycles. The SMILES string of the molecule is Cl.N#CN=C(N1CCCCC1)N1CCc2cc3c(cc2C1Cc1ccc([N+](=O)[O-])cc1)OCO3. The standard InChI is InChI=1S/C24H25N5O4.ClH/c25-15-26-24(27-9-2-1-3-10-27)28-11-8-18-13-22-23(33-16-32-22)14-20(18)21(28)12-17-4-6-19(7-5-17)29(30)31;/h4-7,13-14,21H,1-3,8-12,16H2;1H. The van der Waals surface area contributed by atoms with Gasteiger partial charge in [0.15, 0.2) is 11.5 Å². The summed E-state index contributed by atoms with van der Waals surface area (Å²) in [7, 11) is 0. The van der Waals surface area contributed by atoms with E-state index in [2.05, 4.69) is 20.9 Å². The monoisotopic (exact) mass is 483 g/mol. The maximum atomic E-state index is 11.1. The summed E-state index contributed by atoms with van der Waals surface area (Å²) in [4.78, 5) is 19.4. The van der Waals surface area contributed by atoms with Crippen molar-refractivity contribution < 1.29 is 14.4 Å². The van der Waals surface area contributed by atoms with E-state index in [1.807, 2.05) is 12.3 Å². The largest absolute Gasteiger partial charge is 0.454 e. The molecule has 0 aliphatic carbocycles. The summed E-state index contributed by atoms with van der Waals surface area (Å²) in [6.07, 6.45) is 6.81. The molecule has 9 nitrogen and oxygen atoms in total. The molecule has 34 heavy (non-hydrogen) atoms. The zero-order valence-electron chi connectivity index (χ0n) is 18.7. The first-order valence-corrected chi connectivity index (χ1v) is 11.3. The summed E-state index contributed by atoms with van der Waals surface area (Å²) in [5.41, 5.74) is 3.36. The molecule has 2 aromatic carbocycles. The Labute approximate surface area is 204 Å². The number of halogens is 1. The topological polar surface area (TPSA) is 104 Å². The number of nitro groups is 1. The van der Waals surface area contributed by atoms with Gasteiger partial charge >= 0.3 is 0 Å². The highest BCUT2D eigenvalue weighted by Gasteiger charge is 2.34. The van der Waals surface area contributed by atoms with Crippen molar-refractivity contribution in [3.8, 4) is 17.7 Å². The lowest BCUT2D eigenvalue weighted by molar-refractivity contribution is -0.384. The number of ether oxygens (including phenoxy) is 2. The predicted octanol–water partition coefficient (Wildman–Crippen LogP) is 4.21. The van der Waals surface area contributed by atoms with Crippen molar-refractivity contribution in [1.82, 2.24) is 9.80 Å². The maximum Gasteiger partial charge on any atom is 0.269 e. The minimum atomic E-state index is -0.388. The number of nitrogens with zero attached hydrogens (tertiary/aromatic N) is 5. The van der Waals surface area contributed by atoms with E-state index in [4.69, 9.17) is 9.47 Å². The van der Waals surface area contributed by atoms with Gasteiger partial charge < -0.3 is 19.3 Å². The molecule has 0 amide bonds. The minimum Gasteiger partial charge on any atom is -0.454 e. The maximum absolute atomic E-state index is 11.1. The van der Waals surface area contributed by atoms with Crippen LogP contribution in [0.5, 0.6) is 11.5 Å². The molecule has 178 valence electrons. The van der Waals surface area contributed by atoms with Crippen LogP contribution < -0.4 is 9.47 Å². The van der Waals surface area contributed by atoms with Crippen molar-refractivity contribution in [1.29, 1.82) is 5.26 Å². The number of benzene rings is 2. The Kier molecular flexibility index (Phi) is 7.08. The van der Waals surface area contributed by atoms with Crippen LogP contribution in [0.15, 0.2) is 41.4 Å². The molecule has 0 saturated carbocycles. The third-order valence-electron chi connectivity index (χ3n) is 6.61. The lowest BCUT2D eigenvalue weighted by Gasteiger charge is -2.43. The number of guanidine groups is 1. The first-order chi connectivity index (χ1) is 16.1. The van der Waals surface area contributed by atoms with Crippen molar-refractivity contribution in [3.05, 3.63) is 63.2 Å². The van der Waals surface area contributed by atoms with Gasteiger partial charge in [-0.3, -0.25) is 10.1 Å². The van der Waals surface area contributed by atoms with Crippen LogP contribution in [0.3, 0.4) is 0 Å². The Hall–Kier alpha value is -3.51. The minimum absolute atomic E-state index is 0. The van der Waals surface area contributed by atoms with Crippen LogP contribution in [0.2, 0.25) is 0 Å². The number of hydrogen-bond acceptors (Lipinski definition) is 6. The van der Waals surface area contributed by atoms with E-state index in [9.17, 15) is 15.4 Å². The van der Waals surface area contributed by atoms with Crippen molar-refractivity contribution in [2.75, 3.05) is 26.4 Å². The van der Waals surface area contributed by atoms with E-state index < -0.39 is 0 Å². The first kappa shape index (κ1) is 23.6. The Balaban J connectivity index is 0.00000274. The van der Waals surface area contributed by atoms with Gasteiger partial charge in [-0.15, -0.1) is 17.4 Å². The number of nitro benzene ring substituents is 1. The molecule has 0 N–H and O–H groups in total. The molecule has 5 rings (SSSR count). The van der Waals surface area contributed by atoms with Crippen LogP contribution in [-0.2, 0) is 12.8 Å². The van der Waals surface area contributed by atoms with Gasteiger partial charge in [-0.2, -0.15) is 5.26 Å². The van der Waals surface area contributed by atoms with Crippen LogP contribution in [0.25, 0.3) is 0 Å². The molecule has 0 aromatic heterocycles. The van der Waals surface area contributed by atoms with Crippen molar-refractivity contribution in [2.45, 2.75) is 38.1 Å². The summed E-state index contributed by atoms with van der Waals surface area (Å²) in [6.45, 7) is 2.70.